The fourth-order valence-corrected chi connectivity index (χ4v) is 3.70. The maximum atomic E-state index is 12.5. The van der Waals surface area contributed by atoms with Crippen LogP contribution in [0.2, 0.25) is 0 Å². The first-order chi connectivity index (χ1) is 13.0. The molecule has 0 spiro atoms. The number of methoxy groups -OCH3 is 1. The zero-order chi connectivity index (χ0) is 19.4. The molecule has 2 amide bonds. The number of hydrogen-bond donors (Lipinski definition) is 2. The second-order valence-electron chi connectivity index (χ2n) is 6.10. The van der Waals surface area contributed by atoms with Crippen molar-refractivity contribution in [3.63, 3.8) is 0 Å². The lowest BCUT2D eigenvalue weighted by atomic mass is 10.1. The average molecular weight is 390 g/mol. The standard InChI is InChI=1S/C18H22N4O4S/c1-11-4-5-13(10-14(11)25-3)16(23)20-21-17(24)15-12(2)19-18(27-15)22-6-8-26-9-7-22/h4-5,10H,6-9H2,1-3H3,(H,20,23)(H,21,24). The van der Waals surface area contributed by atoms with Gasteiger partial charge in [-0.25, -0.2) is 4.98 Å². The minimum atomic E-state index is -0.419. The predicted molar refractivity (Wildman–Crippen MR) is 103 cm³/mol. The summed E-state index contributed by atoms with van der Waals surface area (Å²) in [5.41, 5.74) is 6.84. The van der Waals surface area contributed by atoms with Crippen LogP contribution >= 0.6 is 11.3 Å². The quantitative estimate of drug-likeness (QED) is 0.772. The number of amides is 2. The highest BCUT2D eigenvalue weighted by molar-refractivity contribution is 7.17. The van der Waals surface area contributed by atoms with Crippen molar-refractivity contribution < 1.29 is 19.1 Å². The Balaban J connectivity index is 1.63. The van der Waals surface area contributed by atoms with Crippen LogP contribution in [-0.2, 0) is 4.74 Å². The molecule has 0 bridgehead atoms. The lowest BCUT2D eigenvalue weighted by Gasteiger charge is -2.25. The van der Waals surface area contributed by atoms with E-state index >= 15 is 0 Å². The van der Waals surface area contributed by atoms with Gasteiger partial charge in [-0.1, -0.05) is 17.4 Å². The van der Waals surface area contributed by atoms with Gasteiger partial charge in [0.05, 0.1) is 26.0 Å². The molecule has 1 aliphatic rings. The molecular formula is C18H22N4O4S. The van der Waals surface area contributed by atoms with Crippen molar-refractivity contribution in [1.82, 2.24) is 15.8 Å². The molecule has 0 unspecified atom stereocenters. The van der Waals surface area contributed by atoms with Gasteiger partial charge in [0, 0.05) is 18.7 Å². The number of carbonyl (C=O) groups excluding carboxylic acids is 2. The molecule has 1 aromatic carbocycles. The Morgan fingerprint density at radius 1 is 1.19 bits per heavy atom. The third-order valence-electron chi connectivity index (χ3n) is 4.23. The lowest BCUT2D eigenvalue weighted by Crippen LogP contribution is -2.41. The molecule has 3 rings (SSSR count). The number of nitrogens with zero attached hydrogens (tertiary/aromatic N) is 2. The summed E-state index contributed by atoms with van der Waals surface area (Å²) in [4.78, 5) is 31.8. The molecule has 9 heteroatoms. The number of benzene rings is 1. The summed E-state index contributed by atoms with van der Waals surface area (Å²) in [7, 11) is 1.55. The summed E-state index contributed by atoms with van der Waals surface area (Å²) < 4.78 is 10.6. The zero-order valence-corrected chi connectivity index (χ0v) is 16.3. The van der Waals surface area contributed by atoms with Gasteiger partial charge in [-0.15, -0.1) is 0 Å². The van der Waals surface area contributed by atoms with Gasteiger partial charge in [0.2, 0.25) is 0 Å². The van der Waals surface area contributed by atoms with Gasteiger partial charge >= 0.3 is 0 Å². The van der Waals surface area contributed by atoms with E-state index < -0.39 is 11.8 Å². The van der Waals surface area contributed by atoms with Crippen LogP contribution in [0.15, 0.2) is 18.2 Å². The Hall–Kier alpha value is -2.65. The summed E-state index contributed by atoms with van der Waals surface area (Å²) in [5.74, 6) is -0.198. The number of anilines is 1. The number of hydrogen-bond acceptors (Lipinski definition) is 7. The summed E-state index contributed by atoms with van der Waals surface area (Å²) in [6.07, 6.45) is 0. The summed E-state index contributed by atoms with van der Waals surface area (Å²) in [5, 5.41) is 0.788. The Morgan fingerprint density at radius 2 is 1.89 bits per heavy atom. The number of hydrazine groups is 1. The van der Waals surface area contributed by atoms with Crippen LogP contribution in [0.5, 0.6) is 5.75 Å². The molecular weight excluding hydrogens is 368 g/mol. The third kappa shape index (κ3) is 4.37. The SMILES string of the molecule is COc1cc(C(=O)NNC(=O)c2sc(N3CCOCC3)nc2C)ccc1C. The number of morpholine rings is 1. The lowest BCUT2D eigenvalue weighted by molar-refractivity contribution is 0.0848. The fourth-order valence-electron chi connectivity index (χ4n) is 2.69. The molecule has 2 aromatic rings. The monoisotopic (exact) mass is 390 g/mol. The number of aromatic nitrogens is 1. The first-order valence-corrected chi connectivity index (χ1v) is 9.36. The van der Waals surface area contributed by atoms with Crippen LogP contribution in [-0.4, -0.2) is 50.2 Å². The largest absolute Gasteiger partial charge is 0.496 e. The van der Waals surface area contributed by atoms with E-state index in [1.165, 1.54) is 11.3 Å². The van der Waals surface area contributed by atoms with E-state index in [-0.39, 0.29) is 0 Å². The smallest absolute Gasteiger partial charge is 0.281 e. The molecule has 1 fully saturated rings. The molecule has 1 aliphatic heterocycles. The Labute approximate surface area is 161 Å². The number of aryl methyl sites for hydroxylation is 2. The Morgan fingerprint density at radius 3 is 2.59 bits per heavy atom. The van der Waals surface area contributed by atoms with Crippen molar-refractivity contribution in [2.24, 2.45) is 0 Å². The van der Waals surface area contributed by atoms with Crippen LogP contribution in [0, 0.1) is 13.8 Å². The second-order valence-corrected chi connectivity index (χ2v) is 7.08. The van der Waals surface area contributed by atoms with Crippen molar-refractivity contribution in [2.45, 2.75) is 13.8 Å². The predicted octanol–water partition coefficient (Wildman–Crippen LogP) is 1.68. The highest BCUT2D eigenvalue weighted by Crippen LogP contribution is 2.26. The van der Waals surface area contributed by atoms with Gasteiger partial charge < -0.3 is 14.4 Å². The van der Waals surface area contributed by atoms with Crippen molar-refractivity contribution in [3.8, 4) is 5.75 Å². The molecule has 2 N–H and O–H groups in total. The van der Waals surface area contributed by atoms with Crippen molar-refractivity contribution in [2.75, 3.05) is 38.3 Å². The van der Waals surface area contributed by atoms with E-state index in [1.54, 1.807) is 32.2 Å². The third-order valence-corrected chi connectivity index (χ3v) is 5.45. The number of carbonyl (C=O) groups is 2. The van der Waals surface area contributed by atoms with Crippen LogP contribution in [0.1, 0.15) is 31.3 Å². The van der Waals surface area contributed by atoms with E-state index in [0.717, 1.165) is 23.8 Å². The fraction of sp³-hybridized carbons (Fsp3) is 0.389. The van der Waals surface area contributed by atoms with E-state index in [4.69, 9.17) is 9.47 Å². The van der Waals surface area contributed by atoms with Crippen LogP contribution in [0.3, 0.4) is 0 Å². The van der Waals surface area contributed by atoms with E-state index in [0.29, 0.717) is 35.1 Å². The van der Waals surface area contributed by atoms with Gasteiger partial charge in [-0.2, -0.15) is 0 Å². The maximum absolute atomic E-state index is 12.5. The van der Waals surface area contributed by atoms with Gasteiger partial charge in [-0.3, -0.25) is 20.4 Å². The molecule has 0 radical (unpaired) electrons. The molecule has 144 valence electrons. The van der Waals surface area contributed by atoms with Gasteiger partial charge in [0.1, 0.15) is 10.6 Å². The molecule has 1 saturated heterocycles. The van der Waals surface area contributed by atoms with Crippen molar-refractivity contribution in [1.29, 1.82) is 0 Å². The summed E-state index contributed by atoms with van der Waals surface area (Å²) in [6, 6.07) is 5.09. The minimum Gasteiger partial charge on any atom is -0.496 e. The number of nitrogens with one attached hydrogen (secondary N) is 2. The first-order valence-electron chi connectivity index (χ1n) is 8.55. The van der Waals surface area contributed by atoms with Crippen LogP contribution in [0.4, 0.5) is 5.13 Å². The highest BCUT2D eigenvalue weighted by Gasteiger charge is 2.21. The number of thiazole rings is 1. The average Bonchev–Trinajstić information content (AvgIpc) is 3.08. The van der Waals surface area contributed by atoms with E-state index in [9.17, 15) is 9.59 Å². The summed E-state index contributed by atoms with van der Waals surface area (Å²) in [6.45, 7) is 6.47. The zero-order valence-electron chi connectivity index (χ0n) is 15.5. The van der Waals surface area contributed by atoms with Gasteiger partial charge in [0.25, 0.3) is 11.8 Å². The number of rotatable bonds is 4. The molecule has 1 aromatic heterocycles. The minimum absolute atomic E-state index is 0.392. The highest BCUT2D eigenvalue weighted by atomic mass is 32.1. The Bertz CT molecular complexity index is 846. The normalized spacial score (nSPS) is 14.0. The van der Waals surface area contributed by atoms with Gasteiger partial charge in [-0.05, 0) is 31.5 Å². The molecule has 0 atom stereocenters. The van der Waals surface area contributed by atoms with Crippen molar-refractivity contribution in [3.05, 3.63) is 39.9 Å². The maximum Gasteiger partial charge on any atom is 0.281 e. The first kappa shape index (κ1) is 19.1. The van der Waals surface area contributed by atoms with Crippen LogP contribution < -0.4 is 20.5 Å². The molecule has 0 saturated carbocycles. The Kier molecular flexibility index (Phi) is 5.92. The number of ether oxygens (including phenoxy) is 2. The molecule has 2 heterocycles. The topological polar surface area (TPSA) is 92.8 Å². The molecule has 8 nitrogen and oxygen atoms in total. The van der Waals surface area contributed by atoms with E-state index in [1.807, 2.05) is 6.92 Å². The van der Waals surface area contributed by atoms with E-state index in [2.05, 4.69) is 20.7 Å². The molecule has 27 heavy (non-hydrogen) atoms. The molecule has 0 aliphatic carbocycles. The van der Waals surface area contributed by atoms with Gasteiger partial charge in [0.15, 0.2) is 5.13 Å². The van der Waals surface area contributed by atoms with Crippen LogP contribution in [0.25, 0.3) is 0 Å². The summed E-state index contributed by atoms with van der Waals surface area (Å²) >= 11 is 1.31. The van der Waals surface area contributed by atoms with Crippen molar-refractivity contribution >= 4 is 28.3 Å². The second kappa shape index (κ2) is 8.36.